The molecule has 1 aromatic heterocycles. The van der Waals surface area contributed by atoms with Crippen LogP contribution in [0.1, 0.15) is 68.8 Å². The van der Waals surface area contributed by atoms with E-state index in [1.54, 1.807) is 0 Å². The summed E-state index contributed by atoms with van der Waals surface area (Å²) in [7, 11) is 5.85. The van der Waals surface area contributed by atoms with Gasteiger partial charge in [0.15, 0.2) is 7.52 Å². The first-order valence-electron chi connectivity index (χ1n) is 21.5. The highest BCUT2D eigenvalue weighted by atomic mass is 19.3. The predicted octanol–water partition coefficient (Wildman–Crippen LogP) is 5.08. The molecule has 0 radical (unpaired) electrons. The number of carbonyl (C=O) groups excluding carboxylic acids is 3. The van der Waals surface area contributed by atoms with Crippen LogP contribution in [0.25, 0.3) is 10.9 Å². The van der Waals surface area contributed by atoms with E-state index in [2.05, 4.69) is 4.90 Å². The maximum absolute atomic E-state index is 15.4. The number of carbonyl (C=O) groups is 3. The first kappa shape index (κ1) is 37.5. The molecule has 59 heavy (non-hydrogen) atoms. The summed E-state index contributed by atoms with van der Waals surface area (Å²) < 4.78 is 73.3. The molecule has 5 aliphatic heterocycles. The third kappa shape index (κ3) is 5.17. The minimum absolute atomic E-state index is 0.0417. The van der Waals surface area contributed by atoms with Crippen molar-refractivity contribution < 1.29 is 48.6 Å². The van der Waals surface area contributed by atoms with Crippen LogP contribution < -0.4 is 9.64 Å². The Labute approximate surface area is 345 Å². The minimum atomic E-state index is -2.98. The molecule has 10 atom stereocenters. The molecule has 3 aromatic rings. The van der Waals surface area contributed by atoms with Crippen molar-refractivity contribution in [1.29, 1.82) is 1.43 Å². The van der Waals surface area contributed by atoms with Crippen molar-refractivity contribution >= 4 is 34.5 Å². The van der Waals surface area contributed by atoms with Gasteiger partial charge in [-0.1, -0.05) is 37.3 Å². The Morgan fingerprint density at radius 2 is 1.85 bits per heavy atom. The molecule has 9 rings (SSSR count). The topological polar surface area (TPSA) is 134 Å². The van der Waals surface area contributed by atoms with Crippen LogP contribution in [-0.2, 0) is 46.0 Å². The highest BCUT2D eigenvalue weighted by Gasteiger charge is 2.80. The van der Waals surface area contributed by atoms with E-state index in [1.165, 1.54) is 33.2 Å². The number of H-pyrrole nitrogens is 1. The number of aromatic amines is 1. The maximum Gasteiger partial charge on any atom is 0.344 e. The second-order valence-corrected chi connectivity index (χ2v) is 17.9. The molecule has 1 spiro atoms. The van der Waals surface area contributed by atoms with Crippen molar-refractivity contribution in [3.8, 4) is 5.75 Å². The lowest BCUT2D eigenvalue weighted by Gasteiger charge is -2.63. The summed E-state index contributed by atoms with van der Waals surface area (Å²) in [5.74, 6) is -6.24. The Kier molecular flexibility index (Phi) is 8.57. The molecule has 2 N–H and O–H groups in total. The van der Waals surface area contributed by atoms with Crippen molar-refractivity contribution in [2.45, 2.75) is 93.5 Å². The molecule has 2 aromatic carbocycles. The van der Waals surface area contributed by atoms with E-state index >= 15 is 13.6 Å². The maximum atomic E-state index is 15.4. The molecule has 0 amide bonds. The summed E-state index contributed by atoms with van der Waals surface area (Å²) in [5, 5.41) is 6.51. The monoisotopic (exact) mass is 818 g/mol. The van der Waals surface area contributed by atoms with Gasteiger partial charge in [-0.3, -0.25) is 19.4 Å². The van der Waals surface area contributed by atoms with E-state index in [1.807, 2.05) is 72.3 Å². The van der Waals surface area contributed by atoms with E-state index in [4.69, 9.17) is 25.5 Å². The average molecular weight is 819 g/mol. The number of halogens is 2. The molecular weight excluding hydrogens is 763 g/mol. The lowest BCUT2D eigenvalue weighted by molar-refractivity contribution is -0.228. The zero-order valence-corrected chi connectivity index (χ0v) is 34.7. The first-order chi connectivity index (χ1) is 29.0. The number of benzene rings is 2. The van der Waals surface area contributed by atoms with E-state index in [0.29, 0.717) is 66.3 Å². The second kappa shape index (κ2) is 13.5. The second-order valence-electron chi connectivity index (χ2n) is 17.9. The Morgan fingerprint density at radius 1 is 1.08 bits per heavy atom. The van der Waals surface area contributed by atoms with Gasteiger partial charge in [0.1, 0.15) is 11.2 Å². The number of aliphatic hydroxyl groups is 1. The Balaban J connectivity index is 1.38. The molecule has 6 aliphatic rings. The van der Waals surface area contributed by atoms with Crippen LogP contribution in [0, 0.1) is 17.3 Å². The van der Waals surface area contributed by atoms with Gasteiger partial charge in [0.25, 0.3) is 0 Å². The largest absolute Gasteiger partial charge is 0.496 e. The SMILES string of the molecule is [2H]O[C@]1(C(=O)OC)[C@H](OC(C)=O)[C@]2(CC)C=CCN3CC[C@@]4(c5cc([C@@]6(C(=O)OC)C[C@@H]7C[C@@H](C(C)(F)F)CN(Cc8c6n([2H])c6ccccc86)C7)c(OC)cc5N(C)[C@@H]14)[C@@H]32. The van der Waals surface area contributed by atoms with E-state index in [0.717, 1.165) is 17.9 Å². The van der Waals surface area contributed by atoms with Crippen molar-refractivity contribution in [3.63, 3.8) is 0 Å². The van der Waals surface area contributed by atoms with Crippen LogP contribution in [0.2, 0.25) is 1.41 Å². The van der Waals surface area contributed by atoms with Crippen molar-refractivity contribution in [3.05, 3.63) is 70.9 Å². The average Bonchev–Trinajstić information content (AvgIpc) is 3.85. The molecule has 3 fully saturated rings. The molecule has 14 heteroatoms. The number of alkyl halides is 2. The number of anilines is 1. The Hall–Kier alpha value is -4.53. The van der Waals surface area contributed by atoms with Gasteiger partial charge in [-0.15, -0.1) is 0 Å². The van der Waals surface area contributed by atoms with Gasteiger partial charge in [-0.2, -0.15) is 0 Å². The van der Waals surface area contributed by atoms with Gasteiger partial charge in [0.05, 0.1) is 27.4 Å². The molecule has 1 saturated carbocycles. The molecule has 316 valence electrons. The number of piperidine rings is 1. The fourth-order valence-corrected chi connectivity index (χ4v) is 13.1. The molecule has 1 aliphatic carbocycles. The molecule has 2 bridgehead atoms. The Bertz CT molecular complexity index is 2360. The van der Waals surface area contributed by atoms with E-state index in [-0.39, 0.29) is 25.9 Å². The zero-order chi connectivity index (χ0) is 43.6. The van der Waals surface area contributed by atoms with Crippen LogP contribution in [0.5, 0.6) is 5.75 Å². The predicted molar refractivity (Wildman–Crippen MR) is 214 cm³/mol. The normalized spacial score (nSPS) is 36.3. The number of hydrogen-bond acceptors (Lipinski definition) is 11. The van der Waals surface area contributed by atoms with Crippen LogP contribution in [0.15, 0.2) is 48.6 Å². The van der Waals surface area contributed by atoms with Crippen molar-refractivity contribution in [1.82, 2.24) is 14.8 Å². The molecule has 1 unspecified atom stereocenters. The number of ether oxygens (including phenoxy) is 4. The zero-order valence-electron chi connectivity index (χ0n) is 36.7. The number of rotatable bonds is 8. The van der Waals surface area contributed by atoms with Crippen molar-refractivity contribution in [2.75, 3.05) is 59.5 Å². The third-order valence-corrected chi connectivity index (χ3v) is 15.2. The highest BCUT2D eigenvalue weighted by Crippen LogP contribution is 2.68. The third-order valence-electron chi connectivity index (χ3n) is 15.2. The lowest BCUT2D eigenvalue weighted by Crippen LogP contribution is -2.81. The van der Waals surface area contributed by atoms with Crippen LogP contribution in [-0.4, -0.2) is 123 Å². The lowest BCUT2D eigenvalue weighted by atomic mass is 9.47. The van der Waals surface area contributed by atoms with Crippen LogP contribution in [0.3, 0.4) is 0 Å². The molecular formula is C45H54F2N4O8. The summed E-state index contributed by atoms with van der Waals surface area (Å²) in [6.07, 6.45) is 3.82. The fraction of sp³-hybridized carbons (Fsp3) is 0.578. The molecule has 2 saturated heterocycles. The number of aromatic nitrogens is 1. The first-order valence-corrected chi connectivity index (χ1v) is 20.6. The standard InChI is InChI=1S/C45H54F2N4O8/c1-8-42-14-11-16-51-17-15-43(36(42)51)30-19-31(34(56-5)20-33(30)49(4)37(43)45(55,40(54)58-7)38(42)59-25(2)52)44(39(53)57-6)21-26-18-27(41(3,46)47)23-50(22-26)24-29-28-12-9-10-13-32(28)48-35(29)44/h9-14,19-20,26-27,36-38,48,55H,8,15-18,21-24H2,1-7H3/t26-,27+,36-,37+,38+,42+,43+,44-,45-/m0/s1/i55D/hD. The summed E-state index contributed by atoms with van der Waals surface area (Å²) in [4.78, 5) is 50.6. The van der Waals surface area contributed by atoms with Gasteiger partial charge in [0.2, 0.25) is 13.0 Å². The fourth-order valence-electron chi connectivity index (χ4n) is 13.1. The summed E-state index contributed by atoms with van der Waals surface area (Å²) in [5.41, 5.74) is -2.55. The summed E-state index contributed by atoms with van der Waals surface area (Å²) in [6.45, 7) is 6.22. The van der Waals surface area contributed by atoms with Gasteiger partial charge >= 0.3 is 17.9 Å². The quantitative estimate of drug-likeness (QED) is 0.179. The minimum Gasteiger partial charge on any atom is -0.496 e. The van der Waals surface area contributed by atoms with Crippen molar-refractivity contribution in [2.24, 2.45) is 17.3 Å². The van der Waals surface area contributed by atoms with E-state index in [9.17, 15) is 11.0 Å². The van der Waals surface area contributed by atoms with Crippen LogP contribution >= 0.6 is 0 Å². The molecule has 12 nitrogen and oxygen atoms in total. The van der Waals surface area contributed by atoms with Gasteiger partial charge in [-0.05, 0) is 68.3 Å². The molecule has 6 heterocycles. The number of fused-ring (bicyclic) bond motifs is 6. The number of likely N-dealkylation sites (N-methyl/N-ethyl adjacent to an activating group) is 1. The number of esters is 3. The van der Waals surface area contributed by atoms with Gasteiger partial charge < -0.3 is 33.9 Å². The van der Waals surface area contributed by atoms with Gasteiger partial charge in [0, 0.05) is 96.9 Å². The Morgan fingerprint density at radius 3 is 2.53 bits per heavy atom. The summed E-state index contributed by atoms with van der Waals surface area (Å²) in [6, 6.07) is 9.84. The van der Waals surface area contributed by atoms with E-state index < -0.39 is 75.7 Å². The summed E-state index contributed by atoms with van der Waals surface area (Å²) >= 11 is 0. The number of para-hydroxylation sites is 1. The highest BCUT2D eigenvalue weighted by molar-refractivity contribution is 5.95. The van der Waals surface area contributed by atoms with Gasteiger partial charge in [-0.25, -0.2) is 13.6 Å². The number of nitrogens with zero attached hydrogens (tertiary/aromatic N) is 3. The number of nitrogens with one attached hydrogen (secondary N) is 1. The van der Waals surface area contributed by atoms with Crippen LogP contribution in [0.4, 0.5) is 14.5 Å². The number of methoxy groups -OCH3 is 3. The number of hydrogen-bond donors (Lipinski definition) is 2. The smallest absolute Gasteiger partial charge is 0.344 e.